The van der Waals surface area contributed by atoms with Crippen LogP contribution in [0.15, 0.2) is 58.3 Å². The average Bonchev–Trinajstić information content (AvgIpc) is 2.30. The van der Waals surface area contributed by atoms with Crippen LogP contribution in [0, 0.1) is 11.6 Å². The number of hydrogen-bond acceptors (Lipinski definition) is 1. The van der Waals surface area contributed by atoms with Crippen LogP contribution >= 0.6 is 0 Å². The Kier molecular flexibility index (Phi) is 3.22. The van der Waals surface area contributed by atoms with Crippen molar-refractivity contribution in [1.29, 1.82) is 0 Å². The highest BCUT2D eigenvalue weighted by Gasteiger charge is 2.18. The van der Waals surface area contributed by atoms with Crippen LogP contribution in [0.25, 0.3) is 0 Å². The maximum absolute atomic E-state index is 13.3. The molecule has 0 bridgehead atoms. The topological polar surface area (TPSA) is 23.1 Å². The highest BCUT2D eigenvalue weighted by molar-refractivity contribution is 7.91. The molecule has 82 valence electrons. The summed E-state index contributed by atoms with van der Waals surface area (Å²) in [6, 6.07) is 11.0. The van der Waals surface area contributed by atoms with Crippen molar-refractivity contribution in [3.8, 4) is 0 Å². The zero-order valence-electron chi connectivity index (χ0n) is 8.19. The molecule has 0 spiro atoms. The summed E-state index contributed by atoms with van der Waals surface area (Å²) in [5.41, 5.74) is 0. The third kappa shape index (κ3) is 2.23. The van der Waals surface area contributed by atoms with Gasteiger partial charge in [-0.2, -0.15) is 0 Å². The summed E-state index contributed by atoms with van der Waals surface area (Å²) < 4.78 is 37.9. The van der Waals surface area contributed by atoms with Crippen LogP contribution in [0.3, 0.4) is 0 Å². The first-order valence-electron chi connectivity index (χ1n) is 4.60. The van der Waals surface area contributed by atoms with Crippen molar-refractivity contribution in [1.82, 2.24) is 0 Å². The summed E-state index contributed by atoms with van der Waals surface area (Å²) in [5, 5.41) is 0. The van der Waals surface area contributed by atoms with Gasteiger partial charge in [-0.3, -0.25) is 0 Å². The van der Waals surface area contributed by atoms with E-state index in [4.69, 9.17) is 0 Å². The van der Waals surface area contributed by atoms with Gasteiger partial charge >= 0.3 is 0 Å². The summed E-state index contributed by atoms with van der Waals surface area (Å²) in [4.78, 5) is 0.487. The monoisotopic (exact) mass is 238 g/mol. The lowest BCUT2D eigenvalue weighted by Gasteiger charge is -2.09. The lowest BCUT2D eigenvalue weighted by Crippen LogP contribution is -2.04. The second kappa shape index (κ2) is 4.63. The molecule has 16 heavy (non-hydrogen) atoms. The van der Waals surface area contributed by atoms with Gasteiger partial charge in [0.25, 0.3) is 0 Å². The van der Waals surface area contributed by atoms with Gasteiger partial charge in [0.1, 0.15) is 5.82 Å². The highest BCUT2D eigenvalue weighted by Crippen LogP contribution is 2.22. The fraction of sp³-hybridized carbons (Fsp3) is 0. The van der Waals surface area contributed by atoms with E-state index < -0.39 is 22.8 Å². The minimum Gasteiger partial charge on any atom is -0.606 e. The molecule has 1 atom stereocenters. The lowest BCUT2D eigenvalue weighted by molar-refractivity contribution is 0.565. The van der Waals surface area contributed by atoms with Crippen LogP contribution in [-0.4, -0.2) is 4.55 Å². The van der Waals surface area contributed by atoms with Gasteiger partial charge in [0.2, 0.25) is 0 Å². The summed E-state index contributed by atoms with van der Waals surface area (Å²) >= 11 is -1.61. The third-order valence-electron chi connectivity index (χ3n) is 2.06. The predicted octanol–water partition coefficient (Wildman–Crippen LogP) is 3.13. The molecular formula is C12H8F2OS. The second-order valence-electron chi connectivity index (χ2n) is 3.15. The van der Waals surface area contributed by atoms with Crippen LogP contribution in [0.5, 0.6) is 0 Å². The number of hydrogen-bond donors (Lipinski definition) is 0. The largest absolute Gasteiger partial charge is 0.606 e. The standard InChI is InChI=1S/C12H8F2OS/c13-9-5-7-10(8-6-9)16(15)12-4-2-1-3-11(12)14/h1-8H. The Morgan fingerprint density at radius 1 is 0.875 bits per heavy atom. The van der Waals surface area contributed by atoms with E-state index in [-0.39, 0.29) is 4.90 Å². The smallest absolute Gasteiger partial charge is 0.194 e. The highest BCUT2D eigenvalue weighted by atomic mass is 32.2. The van der Waals surface area contributed by atoms with E-state index in [0.29, 0.717) is 4.90 Å². The Labute approximate surface area is 94.9 Å². The predicted molar refractivity (Wildman–Crippen MR) is 57.5 cm³/mol. The zero-order valence-corrected chi connectivity index (χ0v) is 9.01. The molecule has 2 rings (SSSR count). The van der Waals surface area contributed by atoms with Crippen LogP contribution < -0.4 is 0 Å². The lowest BCUT2D eigenvalue weighted by atomic mass is 10.3. The van der Waals surface area contributed by atoms with Crippen molar-refractivity contribution in [2.24, 2.45) is 0 Å². The normalized spacial score (nSPS) is 12.4. The number of benzene rings is 2. The summed E-state index contributed by atoms with van der Waals surface area (Å²) in [6.45, 7) is 0. The summed E-state index contributed by atoms with van der Waals surface area (Å²) in [6.07, 6.45) is 0. The molecule has 0 heterocycles. The second-order valence-corrected chi connectivity index (χ2v) is 4.60. The Bertz CT molecular complexity index is 485. The first-order valence-corrected chi connectivity index (χ1v) is 5.75. The Morgan fingerprint density at radius 2 is 1.50 bits per heavy atom. The van der Waals surface area contributed by atoms with Crippen LogP contribution in [0.4, 0.5) is 8.78 Å². The minimum absolute atomic E-state index is 0.106. The van der Waals surface area contributed by atoms with Crippen molar-refractivity contribution in [2.45, 2.75) is 9.79 Å². The number of halogens is 2. The summed E-state index contributed by atoms with van der Waals surface area (Å²) in [7, 11) is 0. The van der Waals surface area contributed by atoms with Gasteiger partial charge in [-0.25, -0.2) is 8.78 Å². The molecular weight excluding hydrogens is 230 g/mol. The Hall–Kier alpha value is -1.39. The van der Waals surface area contributed by atoms with Crippen molar-refractivity contribution >= 4 is 11.2 Å². The quantitative estimate of drug-likeness (QED) is 0.737. The van der Waals surface area contributed by atoms with Gasteiger partial charge < -0.3 is 4.55 Å². The molecule has 0 saturated heterocycles. The molecule has 0 radical (unpaired) electrons. The Balaban J connectivity index is 2.35. The van der Waals surface area contributed by atoms with Crippen LogP contribution in [-0.2, 0) is 11.2 Å². The van der Waals surface area contributed by atoms with E-state index in [1.807, 2.05) is 0 Å². The van der Waals surface area contributed by atoms with Gasteiger partial charge in [0, 0.05) is 11.2 Å². The maximum atomic E-state index is 13.3. The molecule has 0 saturated carbocycles. The van der Waals surface area contributed by atoms with Crippen molar-refractivity contribution in [2.75, 3.05) is 0 Å². The molecule has 0 fully saturated rings. The first-order chi connectivity index (χ1) is 7.68. The molecule has 2 aromatic carbocycles. The average molecular weight is 238 g/mol. The number of rotatable bonds is 2. The minimum atomic E-state index is -1.61. The molecule has 0 amide bonds. The van der Waals surface area contributed by atoms with Gasteiger partial charge in [-0.1, -0.05) is 12.1 Å². The van der Waals surface area contributed by atoms with E-state index in [2.05, 4.69) is 0 Å². The molecule has 0 aliphatic carbocycles. The van der Waals surface area contributed by atoms with Gasteiger partial charge in [0.05, 0.1) is 0 Å². The van der Waals surface area contributed by atoms with Crippen LogP contribution in [0.2, 0.25) is 0 Å². The van der Waals surface area contributed by atoms with E-state index >= 15 is 0 Å². The van der Waals surface area contributed by atoms with E-state index in [0.717, 1.165) is 0 Å². The first kappa shape index (κ1) is 11.1. The fourth-order valence-electron chi connectivity index (χ4n) is 1.28. The molecule has 1 nitrogen and oxygen atoms in total. The SMILES string of the molecule is [O-][S+](c1ccc(F)cc1)c1ccccc1F. The van der Waals surface area contributed by atoms with Crippen molar-refractivity contribution < 1.29 is 13.3 Å². The molecule has 2 aromatic rings. The fourth-order valence-corrected chi connectivity index (χ4v) is 2.36. The molecule has 4 heteroatoms. The van der Waals surface area contributed by atoms with Crippen molar-refractivity contribution in [3.05, 3.63) is 60.2 Å². The van der Waals surface area contributed by atoms with Crippen molar-refractivity contribution in [3.63, 3.8) is 0 Å². The zero-order chi connectivity index (χ0) is 11.5. The van der Waals surface area contributed by atoms with E-state index in [1.54, 1.807) is 6.07 Å². The van der Waals surface area contributed by atoms with Gasteiger partial charge in [-0.05, 0) is 36.4 Å². The van der Waals surface area contributed by atoms with Crippen LogP contribution in [0.1, 0.15) is 0 Å². The maximum Gasteiger partial charge on any atom is 0.194 e. The summed E-state index contributed by atoms with van der Waals surface area (Å²) in [5.74, 6) is -0.931. The van der Waals surface area contributed by atoms with Gasteiger partial charge in [0.15, 0.2) is 15.6 Å². The van der Waals surface area contributed by atoms with E-state index in [1.165, 1.54) is 42.5 Å². The Morgan fingerprint density at radius 3 is 2.12 bits per heavy atom. The molecule has 0 N–H and O–H groups in total. The molecule has 0 aromatic heterocycles. The molecule has 0 aliphatic heterocycles. The van der Waals surface area contributed by atoms with E-state index in [9.17, 15) is 13.3 Å². The molecule has 0 aliphatic rings. The third-order valence-corrected chi connectivity index (χ3v) is 3.49. The molecule has 1 unspecified atom stereocenters. The van der Waals surface area contributed by atoms with Gasteiger partial charge in [-0.15, -0.1) is 0 Å².